The molecule has 2 heterocycles. The topological polar surface area (TPSA) is 55.1 Å². The van der Waals surface area contributed by atoms with Gasteiger partial charge in [0.05, 0.1) is 5.69 Å². The minimum Gasteiger partial charge on any atom is -0.356 e. The number of aromatic nitrogens is 3. The molecule has 0 amide bonds. The zero-order valence-corrected chi connectivity index (χ0v) is 10.9. The van der Waals surface area contributed by atoms with E-state index in [0.717, 1.165) is 16.9 Å². The summed E-state index contributed by atoms with van der Waals surface area (Å²) in [7, 11) is 2.12. The van der Waals surface area contributed by atoms with Crippen molar-refractivity contribution in [2.75, 3.05) is 11.9 Å². The van der Waals surface area contributed by atoms with Gasteiger partial charge in [-0.3, -0.25) is 0 Å². The highest BCUT2D eigenvalue weighted by molar-refractivity contribution is 5.87. The highest BCUT2D eigenvalue weighted by Crippen LogP contribution is 2.30. The molecule has 3 rings (SSSR count). The van der Waals surface area contributed by atoms with Gasteiger partial charge < -0.3 is 9.42 Å². The van der Waals surface area contributed by atoms with Gasteiger partial charge in [-0.25, -0.2) is 4.98 Å². The molecule has 1 fully saturated rings. The van der Waals surface area contributed by atoms with Crippen LogP contribution in [-0.2, 0) is 0 Å². The van der Waals surface area contributed by atoms with E-state index in [-0.39, 0.29) is 0 Å². The monoisotopic (exact) mass is 246 g/mol. The Labute approximate surface area is 106 Å². The number of fused-ring (bicyclic) bond motifs is 1. The van der Waals surface area contributed by atoms with Crippen LogP contribution in [0.15, 0.2) is 10.9 Å². The first kappa shape index (κ1) is 11.4. The van der Waals surface area contributed by atoms with E-state index in [1.54, 1.807) is 6.33 Å². The standard InChI is InChI=1S/C13H18N4O/c1-9-11-12(14-8-15-13(11)18-16-9)17(2)10-6-4-3-5-7-10/h8,10H,3-7H2,1-2H3. The molecule has 0 N–H and O–H groups in total. The van der Waals surface area contributed by atoms with Crippen molar-refractivity contribution in [1.29, 1.82) is 0 Å². The predicted molar refractivity (Wildman–Crippen MR) is 69.6 cm³/mol. The molecule has 2 aromatic heterocycles. The third-order valence-electron chi connectivity index (χ3n) is 3.88. The van der Waals surface area contributed by atoms with Crippen molar-refractivity contribution in [3.8, 4) is 0 Å². The number of anilines is 1. The first-order valence-corrected chi connectivity index (χ1v) is 6.57. The second-order valence-corrected chi connectivity index (χ2v) is 5.05. The van der Waals surface area contributed by atoms with Crippen molar-refractivity contribution >= 4 is 16.9 Å². The summed E-state index contributed by atoms with van der Waals surface area (Å²) in [5.74, 6) is 0.950. The van der Waals surface area contributed by atoms with E-state index in [1.165, 1.54) is 32.1 Å². The smallest absolute Gasteiger partial charge is 0.263 e. The van der Waals surface area contributed by atoms with E-state index >= 15 is 0 Å². The van der Waals surface area contributed by atoms with Crippen LogP contribution in [0.4, 0.5) is 5.82 Å². The fourth-order valence-corrected chi connectivity index (χ4v) is 2.81. The highest BCUT2D eigenvalue weighted by atomic mass is 16.5. The first-order valence-electron chi connectivity index (χ1n) is 6.57. The normalized spacial score (nSPS) is 17.2. The van der Waals surface area contributed by atoms with Gasteiger partial charge in [-0.15, -0.1) is 0 Å². The molecular formula is C13H18N4O. The Kier molecular flexibility index (Phi) is 2.89. The Morgan fingerprint density at radius 2 is 2.00 bits per heavy atom. The fraction of sp³-hybridized carbons (Fsp3) is 0.615. The van der Waals surface area contributed by atoms with Crippen LogP contribution in [0.25, 0.3) is 11.1 Å². The number of hydrogen-bond acceptors (Lipinski definition) is 5. The highest BCUT2D eigenvalue weighted by Gasteiger charge is 2.22. The van der Waals surface area contributed by atoms with Gasteiger partial charge in [0.1, 0.15) is 17.5 Å². The van der Waals surface area contributed by atoms with Gasteiger partial charge in [-0.05, 0) is 19.8 Å². The predicted octanol–water partition coefficient (Wildman–Crippen LogP) is 2.70. The molecule has 0 atom stereocenters. The van der Waals surface area contributed by atoms with Gasteiger partial charge in [0, 0.05) is 13.1 Å². The molecule has 0 unspecified atom stereocenters. The van der Waals surface area contributed by atoms with Gasteiger partial charge in [-0.1, -0.05) is 24.4 Å². The van der Waals surface area contributed by atoms with Gasteiger partial charge in [0.2, 0.25) is 0 Å². The van der Waals surface area contributed by atoms with Crippen molar-refractivity contribution in [1.82, 2.24) is 15.1 Å². The second-order valence-electron chi connectivity index (χ2n) is 5.05. The summed E-state index contributed by atoms with van der Waals surface area (Å²) in [4.78, 5) is 10.8. The maximum absolute atomic E-state index is 5.20. The van der Waals surface area contributed by atoms with Crippen LogP contribution < -0.4 is 4.90 Å². The molecule has 0 saturated heterocycles. The minimum absolute atomic E-state index is 0.575. The SMILES string of the molecule is Cc1noc2ncnc(N(C)C3CCCCC3)c12. The number of aryl methyl sites for hydroxylation is 1. The largest absolute Gasteiger partial charge is 0.356 e. The van der Waals surface area contributed by atoms with E-state index < -0.39 is 0 Å². The molecule has 1 aliphatic carbocycles. The van der Waals surface area contributed by atoms with E-state index in [4.69, 9.17) is 4.52 Å². The van der Waals surface area contributed by atoms with Crippen molar-refractivity contribution in [3.63, 3.8) is 0 Å². The average Bonchev–Trinajstić information content (AvgIpc) is 2.81. The van der Waals surface area contributed by atoms with Gasteiger partial charge in [0.15, 0.2) is 0 Å². The van der Waals surface area contributed by atoms with Crippen LogP contribution in [0, 0.1) is 6.92 Å². The zero-order valence-electron chi connectivity index (χ0n) is 10.9. The summed E-state index contributed by atoms with van der Waals surface area (Å²) in [6, 6.07) is 0.575. The quantitative estimate of drug-likeness (QED) is 0.815. The molecule has 1 aliphatic rings. The molecule has 1 saturated carbocycles. The maximum Gasteiger partial charge on any atom is 0.263 e. The van der Waals surface area contributed by atoms with E-state index in [9.17, 15) is 0 Å². The lowest BCUT2D eigenvalue weighted by Crippen LogP contribution is -2.34. The Morgan fingerprint density at radius 1 is 1.22 bits per heavy atom. The van der Waals surface area contributed by atoms with Crippen LogP contribution in [0.5, 0.6) is 0 Å². The van der Waals surface area contributed by atoms with Crippen molar-refractivity contribution in [2.45, 2.75) is 45.1 Å². The summed E-state index contributed by atoms with van der Waals surface area (Å²) >= 11 is 0. The molecule has 0 bridgehead atoms. The van der Waals surface area contributed by atoms with Crippen molar-refractivity contribution in [3.05, 3.63) is 12.0 Å². The molecule has 96 valence electrons. The molecule has 0 aromatic carbocycles. The van der Waals surface area contributed by atoms with E-state index in [0.29, 0.717) is 11.8 Å². The van der Waals surface area contributed by atoms with Crippen LogP contribution in [0.1, 0.15) is 37.8 Å². The van der Waals surface area contributed by atoms with Gasteiger partial charge >= 0.3 is 0 Å². The average molecular weight is 246 g/mol. The molecule has 2 aromatic rings. The van der Waals surface area contributed by atoms with E-state index in [1.807, 2.05) is 6.92 Å². The Bertz CT molecular complexity index is 545. The number of hydrogen-bond donors (Lipinski definition) is 0. The van der Waals surface area contributed by atoms with Crippen LogP contribution in [0.2, 0.25) is 0 Å². The summed E-state index contributed by atoms with van der Waals surface area (Å²) in [6.07, 6.45) is 8.02. The van der Waals surface area contributed by atoms with Crippen molar-refractivity contribution < 1.29 is 4.52 Å². The lowest BCUT2D eigenvalue weighted by Gasteiger charge is -2.32. The summed E-state index contributed by atoms with van der Waals surface area (Å²) in [5, 5.41) is 4.93. The van der Waals surface area contributed by atoms with Crippen LogP contribution in [0.3, 0.4) is 0 Å². The molecule has 0 aliphatic heterocycles. The Hall–Kier alpha value is -1.65. The van der Waals surface area contributed by atoms with Crippen LogP contribution in [-0.4, -0.2) is 28.2 Å². The summed E-state index contributed by atoms with van der Waals surface area (Å²) < 4.78 is 5.20. The van der Waals surface area contributed by atoms with Gasteiger partial charge in [0.25, 0.3) is 5.71 Å². The number of nitrogens with zero attached hydrogens (tertiary/aromatic N) is 4. The van der Waals surface area contributed by atoms with Gasteiger partial charge in [-0.2, -0.15) is 4.98 Å². The molecule has 5 heteroatoms. The molecule has 0 radical (unpaired) electrons. The lowest BCUT2D eigenvalue weighted by molar-refractivity contribution is 0.426. The van der Waals surface area contributed by atoms with Crippen molar-refractivity contribution in [2.24, 2.45) is 0 Å². The summed E-state index contributed by atoms with van der Waals surface area (Å²) in [5.41, 5.74) is 1.45. The molecular weight excluding hydrogens is 228 g/mol. The van der Waals surface area contributed by atoms with Crippen LogP contribution >= 0.6 is 0 Å². The fourth-order valence-electron chi connectivity index (χ4n) is 2.81. The maximum atomic E-state index is 5.20. The first-order chi connectivity index (χ1) is 8.77. The third kappa shape index (κ3) is 1.83. The second kappa shape index (κ2) is 4.55. The Morgan fingerprint density at radius 3 is 2.78 bits per heavy atom. The third-order valence-corrected chi connectivity index (χ3v) is 3.88. The lowest BCUT2D eigenvalue weighted by atomic mass is 9.94. The minimum atomic E-state index is 0.575. The summed E-state index contributed by atoms with van der Waals surface area (Å²) in [6.45, 7) is 1.94. The molecule has 0 spiro atoms. The molecule has 18 heavy (non-hydrogen) atoms. The van der Waals surface area contributed by atoms with E-state index in [2.05, 4.69) is 27.1 Å². The Balaban J connectivity index is 1.99. The molecule has 5 nitrogen and oxygen atoms in total. The zero-order chi connectivity index (χ0) is 12.5. The number of rotatable bonds is 2.